The average molecular weight is 282 g/mol. The Kier molecular flexibility index (Phi) is 4.69. The summed E-state index contributed by atoms with van der Waals surface area (Å²) in [5, 5.41) is 4.14. The number of aromatic nitrogens is 1. The molecule has 1 heterocycles. The molecular weight excluding hydrogens is 258 g/mol. The van der Waals surface area contributed by atoms with Gasteiger partial charge in [0, 0.05) is 31.9 Å². The topological polar surface area (TPSA) is 28.2 Å². The van der Waals surface area contributed by atoms with E-state index in [4.69, 9.17) is 11.6 Å². The fourth-order valence-electron chi connectivity index (χ4n) is 2.21. The van der Waals surface area contributed by atoms with Crippen molar-refractivity contribution in [1.82, 2.24) is 10.3 Å². The molecule has 1 aromatic rings. The second kappa shape index (κ2) is 6.10. The number of rotatable bonds is 6. The standard InChI is InChI=1S/C15H24ClN3/c1-10(2)17-8-13-7-15(18-9-14(13)16)19(4)11(3)12-5-6-12/h7,9-12,17H,5-6,8H2,1-4H3. The average Bonchev–Trinajstić information content (AvgIpc) is 3.20. The SMILES string of the molecule is CC(C)NCc1cc(N(C)C(C)C2CC2)ncc1Cl. The number of anilines is 1. The minimum atomic E-state index is 0.454. The Balaban J connectivity index is 2.10. The van der Waals surface area contributed by atoms with Crippen LogP contribution in [-0.4, -0.2) is 24.1 Å². The highest BCUT2D eigenvalue weighted by Crippen LogP contribution is 2.36. The van der Waals surface area contributed by atoms with Crippen molar-refractivity contribution in [2.24, 2.45) is 5.92 Å². The van der Waals surface area contributed by atoms with E-state index in [0.717, 1.165) is 28.9 Å². The van der Waals surface area contributed by atoms with Crippen LogP contribution in [0.5, 0.6) is 0 Å². The lowest BCUT2D eigenvalue weighted by molar-refractivity contribution is 0.586. The number of halogens is 1. The predicted molar refractivity (Wildman–Crippen MR) is 81.8 cm³/mol. The molecule has 0 spiro atoms. The number of hydrogen-bond donors (Lipinski definition) is 1. The highest BCUT2D eigenvalue weighted by molar-refractivity contribution is 6.31. The van der Waals surface area contributed by atoms with Crippen LogP contribution < -0.4 is 10.2 Å². The van der Waals surface area contributed by atoms with Gasteiger partial charge in [-0.25, -0.2) is 4.98 Å². The minimum Gasteiger partial charge on any atom is -0.357 e. The molecule has 0 aliphatic heterocycles. The van der Waals surface area contributed by atoms with Crippen molar-refractivity contribution in [3.8, 4) is 0 Å². The van der Waals surface area contributed by atoms with Crippen LogP contribution >= 0.6 is 11.6 Å². The van der Waals surface area contributed by atoms with Gasteiger partial charge in [-0.15, -0.1) is 0 Å². The zero-order valence-electron chi connectivity index (χ0n) is 12.3. The molecule has 0 radical (unpaired) electrons. The van der Waals surface area contributed by atoms with E-state index in [9.17, 15) is 0 Å². The molecule has 1 saturated carbocycles. The van der Waals surface area contributed by atoms with Crippen LogP contribution in [0.4, 0.5) is 5.82 Å². The molecule has 0 saturated heterocycles. The van der Waals surface area contributed by atoms with Gasteiger partial charge in [0.05, 0.1) is 5.02 Å². The van der Waals surface area contributed by atoms with E-state index in [1.807, 2.05) is 0 Å². The van der Waals surface area contributed by atoms with E-state index in [2.05, 4.69) is 49.1 Å². The number of nitrogens with one attached hydrogen (secondary N) is 1. The predicted octanol–water partition coefficient (Wildman–Crippen LogP) is 3.47. The first kappa shape index (κ1) is 14.6. The summed E-state index contributed by atoms with van der Waals surface area (Å²) >= 11 is 6.22. The molecule has 1 aromatic heterocycles. The van der Waals surface area contributed by atoms with Crippen molar-refractivity contribution in [3.63, 3.8) is 0 Å². The first-order valence-electron chi connectivity index (χ1n) is 7.09. The first-order valence-corrected chi connectivity index (χ1v) is 7.47. The molecule has 1 atom stereocenters. The zero-order valence-corrected chi connectivity index (χ0v) is 13.0. The number of hydrogen-bond acceptors (Lipinski definition) is 3. The highest BCUT2D eigenvalue weighted by atomic mass is 35.5. The van der Waals surface area contributed by atoms with E-state index >= 15 is 0 Å². The van der Waals surface area contributed by atoms with Gasteiger partial charge < -0.3 is 10.2 Å². The Bertz CT molecular complexity index is 429. The van der Waals surface area contributed by atoms with Gasteiger partial charge in [-0.1, -0.05) is 25.4 Å². The van der Waals surface area contributed by atoms with Gasteiger partial charge in [0.1, 0.15) is 5.82 Å². The molecule has 19 heavy (non-hydrogen) atoms. The maximum absolute atomic E-state index is 6.22. The van der Waals surface area contributed by atoms with Gasteiger partial charge in [0.2, 0.25) is 0 Å². The summed E-state index contributed by atoms with van der Waals surface area (Å²) in [5.74, 6) is 1.85. The van der Waals surface area contributed by atoms with Crippen LogP contribution in [0.1, 0.15) is 39.2 Å². The van der Waals surface area contributed by atoms with Crippen LogP contribution in [0.15, 0.2) is 12.3 Å². The lowest BCUT2D eigenvalue weighted by Crippen LogP contribution is -2.31. The van der Waals surface area contributed by atoms with E-state index in [1.54, 1.807) is 6.20 Å². The van der Waals surface area contributed by atoms with E-state index in [0.29, 0.717) is 12.1 Å². The summed E-state index contributed by atoms with van der Waals surface area (Å²) in [6, 6.07) is 3.12. The van der Waals surface area contributed by atoms with Gasteiger partial charge in [0.15, 0.2) is 0 Å². The Hall–Kier alpha value is -0.800. The van der Waals surface area contributed by atoms with Crippen molar-refractivity contribution in [1.29, 1.82) is 0 Å². The summed E-state index contributed by atoms with van der Waals surface area (Å²) in [5.41, 5.74) is 1.12. The molecule has 3 nitrogen and oxygen atoms in total. The monoisotopic (exact) mass is 281 g/mol. The molecule has 1 N–H and O–H groups in total. The molecule has 0 amide bonds. The van der Waals surface area contributed by atoms with Crippen LogP contribution in [0, 0.1) is 5.92 Å². The summed E-state index contributed by atoms with van der Waals surface area (Å²) in [7, 11) is 2.12. The first-order chi connectivity index (χ1) is 8.99. The molecular formula is C15H24ClN3. The van der Waals surface area contributed by atoms with Crippen molar-refractivity contribution in [2.45, 2.75) is 52.2 Å². The summed E-state index contributed by atoms with van der Waals surface area (Å²) < 4.78 is 0. The molecule has 1 aliphatic carbocycles. The van der Waals surface area contributed by atoms with Gasteiger partial charge in [-0.2, -0.15) is 0 Å². The van der Waals surface area contributed by atoms with Gasteiger partial charge in [0.25, 0.3) is 0 Å². The van der Waals surface area contributed by atoms with Crippen molar-refractivity contribution in [3.05, 3.63) is 22.8 Å². The Morgan fingerprint density at radius 1 is 1.42 bits per heavy atom. The van der Waals surface area contributed by atoms with E-state index in [-0.39, 0.29) is 0 Å². The Labute approximate surface area is 121 Å². The van der Waals surface area contributed by atoms with Crippen molar-refractivity contribution in [2.75, 3.05) is 11.9 Å². The third-order valence-corrected chi connectivity index (χ3v) is 4.24. The molecule has 2 rings (SSSR count). The molecule has 4 heteroatoms. The molecule has 1 aliphatic rings. The zero-order chi connectivity index (χ0) is 14.0. The van der Waals surface area contributed by atoms with E-state index < -0.39 is 0 Å². The minimum absolute atomic E-state index is 0.454. The third-order valence-electron chi connectivity index (χ3n) is 3.90. The summed E-state index contributed by atoms with van der Waals surface area (Å²) in [4.78, 5) is 6.73. The molecule has 0 aromatic carbocycles. The molecule has 1 fully saturated rings. The Morgan fingerprint density at radius 3 is 2.68 bits per heavy atom. The van der Waals surface area contributed by atoms with Crippen LogP contribution in [0.3, 0.4) is 0 Å². The van der Waals surface area contributed by atoms with Crippen molar-refractivity contribution < 1.29 is 0 Å². The van der Waals surface area contributed by atoms with Crippen LogP contribution in [0.2, 0.25) is 5.02 Å². The van der Waals surface area contributed by atoms with Gasteiger partial charge in [-0.05, 0) is 37.3 Å². The smallest absolute Gasteiger partial charge is 0.128 e. The van der Waals surface area contributed by atoms with Crippen molar-refractivity contribution >= 4 is 17.4 Å². The van der Waals surface area contributed by atoms with E-state index in [1.165, 1.54) is 12.8 Å². The molecule has 106 valence electrons. The number of nitrogens with zero attached hydrogens (tertiary/aromatic N) is 2. The fourth-order valence-corrected chi connectivity index (χ4v) is 2.38. The summed E-state index contributed by atoms with van der Waals surface area (Å²) in [6.07, 6.45) is 4.46. The lowest BCUT2D eigenvalue weighted by atomic mass is 10.1. The van der Waals surface area contributed by atoms with Gasteiger partial charge in [-0.3, -0.25) is 0 Å². The maximum atomic E-state index is 6.22. The Morgan fingerprint density at radius 2 is 2.11 bits per heavy atom. The number of pyridine rings is 1. The van der Waals surface area contributed by atoms with Crippen LogP contribution in [-0.2, 0) is 6.54 Å². The largest absolute Gasteiger partial charge is 0.357 e. The molecule has 1 unspecified atom stereocenters. The van der Waals surface area contributed by atoms with Crippen LogP contribution in [0.25, 0.3) is 0 Å². The second-order valence-corrected chi connectivity index (χ2v) is 6.27. The third kappa shape index (κ3) is 3.83. The quantitative estimate of drug-likeness (QED) is 0.865. The maximum Gasteiger partial charge on any atom is 0.128 e. The highest BCUT2D eigenvalue weighted by Gasteiger charge is 2.31. The fraction of sp³-hybridized carbons (Fsp3) is 0.667. The van der Waals surface area contributed by atoms with Gasteiger partial charge >= 0.3 is 0 Å². The second-order valence-electron chi connectivity index (χ2n) is 5.86. The normalized spacial score (nSPS) is 16.7. The lowest BCUT2D eigenvalue weighted by Gasteiger charge is -2.26. The summed E-state index contributed by atoms with van der Waals surface area (Å²) in [6.45, 7) is 7.34. The molecule has 0 bridgehead atoms.